The first-order chi connectivity index (χ1) is 29.6. The van der Waals surface area contributed by atoms with Crippen molar-refractivity contribution in [2.75, 3.05) is 77.9 Å². The molecule has 1 amide bonds. The lowest BCUT2D eigenvalue weighted by atomic mass is 9.87. The Morgan fingerprint density at radius 1 is 0.770 bits per heavy atom. The number of carbonyl (C=O) groups is 4. The van der Waals surface area contributed by atoms with Gasteiger partial charge in [0.15, 0.2) is 5.78 Å². The molecule has 17 heteroatoms. The molecule has 0 unspecified atom stereocenters. The molecule has 0 saturated heterocycles. The normalized spacial score (nSPS) is 12.0. The van der Waals surface area contributed by atoms with Crippen molar-refractivity contribution in [3.8, 4) is 16.9 Å². The van der Waals surface area contributed by atoms with E-state index in [1.165, 1.54) is 0 Å². The monoisotopic (exact) mass is 842 g/mol. The number of carboxylic acids is 2. The maximum absolute atomic E-state index is 13.5. The van der Waals surface area contributed by atoms with Crippen LogP contribution < -0.4 is 15.4 Å². The van der Waals surface area contributed by atoms with Gasteiger partial charge in [0.1, 0.15) is 18.2 Å². The number of ketones is 1. The van der Waals surface area contributed by atoms with E-state index in [2.05, 4.69) is 25.6 Å². The van der Waals surface area contributed by atoms with E-state index in [0.717, 1.165) is 27.5 Å². The van der Waals surface area contributed by atoms with Crippen molar-refractivity contribution in [1.82, 2.24) is 10.3 Å². The van der Waals surface area contributed by atoms with Crippen LogP contribution in [0.25, 0.3) is 32.3 Å². The molecule has 0 aliphatic carbocycles. The Labute approximate surface area is 354 Å². The molecule has 61 heavy (non-hydrogen) atoms. The number of nitrogens with zero attached hydrogens (tertiary/aromatic N) is 4. The van der Waals surface area contributed by atoms with Crippen LogP contribution in [0.15, 0.2) is 84.1 Å². The zero-order valence-electron chi connectivity index (χ0n) is 34.3. The molecule has 3 aromatic carbocycles. The lowest BCUT2D eigenvalue weighted by molar-refractivity contribution is -0.141. The Morgan fingerprint density at radius 2 is 1.41 bits per heavy atom. The van der Waals surface area contributed by atoms with Crippen LogP contribution in [0.5, 0.6) is 5.75 Å². The van der Waals surface area contributed by atoms with Crippen molar-refractivity contribution in [1.29, 1.82) is 0 Å². The second kappa shape index (κ2) is 26.9. The molecule has 4 rings (SSSR count). The average molecular weight is 843 g/mol. The summed E-state index contributed by atoms with van der Waals surface area (Å²) in [6.07, 6.45) is 0.888. The first kappa shape index (κ1) is 47.6. The molecule has 17 nitrogen and oxygen atoms in total. The van der Waals surface area contributed by atoms with Gasteiger partial charge in [0.05, 0.1) is 71.7 Å². The smallest absolute Gasteiger partial charge is 0.305 e. The number of azide groups is 1. The van der Waals surface area contributed by atoms with Crippen LogP contribution in [0.1, 0.15) is 49.1 Å². The number of carbonyl (C=O) groups excluding carboxylic acids is 2. The SMILES string of the molecule is Cc1ccnc(NCCCC(=O)N[C@@H](CC(=O)O)C(=O)C[C@@H](CC(=O)O)c2ccc(-c3ccc(OCCOCCOCCOCCOCCN=[N+]=[N-])c4ccccc34)cc2)c1. The van der Waals surface area contributed by atoms with Crippen LogP contribution in [0.4, 0.5) is 5.82 Å². The van der Waals surface area contributed by atoms with Crippen LogP contribution in [0.2, 0.25) is 0 Å². The second-order valence-corrected chi connectivity index (χ2v) is 14.0. The van der Waals surface area contributed by atoms with Crippen molar-refractivity contribution in [3.05, 3.63) is 101 Å². The number of fused-ring (bicyclic) bond motifs is 1. The van der Waals surface area contributed by atoms with E-state index in [4.69, 9.17) is 29.2 Å². The number of ether oxygens (including phenoxy) is 5. The molecule has 0 aliphatic rings. The van der Waals surface area contributed by atoms with Crippen LogP contribution >= 0.6 is 0 Å². The van der Waals surface area contributed by atoms with Gasteiger partial charge in [0.25, 0.3) is 0 Å². The van der Waals surface area contributed by atoms with Crippen molar-refractivity contribution < 1.29 is 53.1 Å². The highest BCUT2D eigenvalue weighted by molar-refractivity contribution is 6.00. The van der Waals surface area contributed by atoms with Gasteiger partial charge >= 0.3 is 11.9 Å². The molecule has 2 atom stereocenters. The van der Waals surface area contributed by atoms with Gasteiger partial charge in [-0.05, 0) is 64.7 Å². The predicted molar refractivity (Wildman–Crippen MR) is 228 cm³/mol. The third-order valence-electron chi connectivity index (χ3n) is 9.35. The van der Waals surface area contributed by atoms with Gasteiger partial charge in [-0.25, -0.2) is 4.98 Å². The van der Waals surface area contributed by atoms with Gasteiger partial charge in [0.2, 0.25) is 5.91 Å². The maximum atomic E-state index is 13.5. The topological polar surface area (TPSA) is 241 Å². The largest absolute Gasteiger partial charge is 0.491 e. The van der Waals surface area contributed by atoms with Crippen molar-refractivity contribution >= 4 is 40.2 Å². The second-order valence-electron chi connectivity index (χ2n) is 14.0. The van der Waals surface area contributed by atoms with Crippen LogP contribution in [0, 0.1) is 6.92 Å². The number of aryl methyl sites for hydroxylation is 1. The van der Waals surface area contributed by atoms with Gasteiger partial charge < -0.3 is 44.5 Å². The first-order valence-electron chi connectivity index (χ1n) is 20.1. The number of Topliss-reactive ketones (excluding diaryl/α,β-unsaturated/α-hetero) is 1. The highest BCUT2D eigenvalue weighted by Gasteiger charge is 2.28. The Morgan fingerprint density at radius 3 is 2.05 bits per heavy atom. The quantitative estimate of drug-likeness (QED) is 0.0188. The van der Waals surface area contributed by atoms with E-state index in [1.54, 1.807) is 18.3 Å². The third kappa shape index (κ3) is 17.6. The molecule has 4 N–H and O–H groups in total. The summed E-state index contributed by atoms with van der Waals surface area (Å²) in [6.45, 7) is 6.21. The summed E-state index contributed by atoms with van der Waals surface area (Å²) >= 11 is 0. The van der Waals surface area contributed by atoms with E-state index in [1.807, 2.05) is 67.6 Å². The fourth-order valence-electron chi connectivity index (χ4n) is 6.39. The summed E-state index contributed by atoms with van der Waals surface area (Å²) in [5.41, 5.74) is 11.6. The van der Waals surface area contributed by atoms with E-state index >= 15 is 0 Å². The number of carboxylic acid groups (broad SMARTS) is 2. The molecule has 0 radical (unpaired) electrons. The van der Waals surface area contributed by atoms with E-state index in [0.29, 0.717) is 96.1 Å². The number of benzene rings is 3. The summed E-state index contributed by atoms with van der Waals surface area (Å²) in [5.74, 6) is -2.81. The standard InChI is InChI=1S/C44H54N6O11/c1-31-14-16-47-41(27-31)46-15-4-7-42(52)49-38(30-44(55)56)39(51)28-34(29-43(53)54)32-8-10-33(11-9-32)35-12-13-40(37-6-3-2-5-36(35)37)61-26-25-60-24-23-59-22-21-58-20-19-57-18-17-48-50-45/h2-3,5-6,8-14,16,27,34,38H,4,7,15,17-26,28-30H2,1H3,(H,46,47)(H,49,52)(H,53,54)(H,55,56)/t34-,38-/m0/s1. The van der Waals surface area contributed by atoms with E-state index < -0.39 is 42.0 Å². The number of nitrogens with one attached hydrogen (secondary N) is 2. The number of pyridine rings is 1. The summed E-state index contributed by atoms with van der Waals surface area (Å²) in [4.78, 5) is 56.7. The van der Waals surface area contributed by atoms with Gasteiger partial charge in [-0.2, -0.15) is 0 Å². The number of rotatable bonds is 31. The predicted octanol–water partition coefficient (Wildman–Crippen LogP) is 6.34. The van der Waals surface area contributed by atoms with Gasteiger partial charge in [-0.15, -0.1) is 0 Å². The molecule has 0 bridgehead atoms. The van der Waals surface area contributed by atoms with E-state index in [-0.39, 0.29) is 19.3 Å². The zero-order chi connectivity index (χ0) is 43.7. The maximum Gasteiger partial charge on any atom is 0.305 e. The van der Waals surface area contributed by atoms with Gasteiger partial charge in [-0.3, -0.25) is 19.2 Å². The molecule has 0 aliphatic heterocycles. The van der Waals surface area contributed by atoms with Crippen LogP contribution in [0.3, 0.4) is 0 Å². The zero-order valence-corrected chi connectivity index (χ0v) is 34.3. The lowest BCUT2D eigenvalue weighted by Gasteiger charge is -2.21. The fraction of sp³-hybridized carbons (Fsp3) is 0.432. The summed E-state index contributed by atoms with van der Waals surface area (Å²) in [7, 11) is 0. The van der Waals surface area contributed by atoms with E-state index in [9.17, 15) is 29.4 Å². The van der Waals surface area contributed by atoms with Gasteiger partial charge in [0, 0.05) is 48.3 Å². The molecule has 0 saturated carbocycles. The number of aromatic nitrogens is 1. The minimum absolute atomic E-state index is 0.0508. The Hall–Kier alpha value is -6.10. The summed E-state index contributed by atoms with van der Waals surface area (Å²) in [6, 6.07) is 21.4. The number of anilines is 1. The number of hydrogen-bond donors (Lipinski definition) is 4. The fourth-order valence-corrected chi connectivity index (χ4v) is 6.39. The highest BCUT2D eigenvalue weighted by Crippen LogP contribution is 2.36. The number of aliphatic carboxylic acids is 2. The van der Waals surface area contributed by atoms with Crippen LogP contribution in [-0.4, -0.2) is 117 Å². The molecule has 1 aromatic heterocycles. The molecular weight excluding hydrogens is 789 g/mol. The molecule has 326 valence electrons. The minimum Gasteiger partial charge on any atom is -0.491 e. The average Bonchev–Trinajstić information content (AvgIpc) is 3.24. The number of amides is 1. The molecule has 4 aromatic rings. The molecular formula is C44H54N6O11. The minimum atomic E-state index is -1.31. The first-order valence-corrected chi connectivity index (χ1v) is 20.1. The Balaban J connectivity index is 1.27. The summed E-state index contributed by atoms with van der Waals surface area (Å²) in [5, 5.41) is 30.2. The molecule has 0 spiro atoms. The van der Waals surface area contributed by atoms with Crippen LogP contribution in [-0.2, 0) is 38.1 Å². The Kier molecular flexibility index (Phi) is 21.0. The third-order valence-corrected chi connectivity index (χ3v) is 9.35. The number of hydrogen-bond acceptors (Lipinski definition) is 12. The highest BCUT2D eigenvalue weighted by atomic mass is 16.6. The van der Waals surface area contributed by atoms with Crippen molar-refractivity contribution in [3.63, 3.8) is 0 Å². The Bertz CT molecular complexity index is 2060. The van der Waals surface area contributed by atoms with Gasteiger partial charge in [-0.1, -0.05) is 59.7 Å². The summed E-state index contributed by atoms with van der Waals surface area (Å²) < 4.78 is 27.9. The lowest BCUT2D eigenvalue weighted by Crippen LogP contribution is -2.43. The molecule has 1 heterocycles. The van der Waals surface area contributed by atoms with Crippen molar-refractivity contribution in [2.24, 2.45) is 5.11 Å². The molecule has 0 fully saturated rings. The van der Waals surface area contributed by atoms with Crippen molar-refractivity contribution in [2.45, 2.75) is 51.0 Å².